The van der Waals surface area contributed by atoms with Crippen LogP contribution >= 0.6 is 0 Å². The second-order valence-electron chi connectivity index (χ2n) is 8.72. The van der Waals surface area contributed by atoms with Crippen LogP contribution in [-0.4, -0.2) is 6.54 Å². The Hall–Kier alpha value is -3.66. The van der Waals surface area contributed by atoms with E-state index in [2.05, 4.69) is 23.1 Å². The van der Waals surface area contributed by atoms with Crippen LogP contribution in [0.1, 0.15) is 36.1 Å². The van der Waals surface area contributed by atoms with Gasteiger partial charge in [0.2, 0.25) is 0 Å². The third kappa shape index (κ3) is 4.96. The van der Waals surface area contributed by atoms with Gasteiger partial charge in [-0.15, -0.1) is 0 Å². The van der Waals surface area contributed by atoms with E-state index in [9.17, 15) is 8.78 Å². The van der Waals surface area contributed by atoms with Crippen molar-refractivity contribution < 1.29 is 13.5 Å². The second-order valence-corrected chi connectivity index (χ2v) is 8.72. The summed E-state index contributed by atoms with van der Waals surface area (Å²) in [5.74, 6) is 0.729. The van der Waals surface area contributed by atoms with Crippen LogP contribution in [0.15, 0.2) is 103 Å². The number of rotatable bonds is 8. The van der Waals surface area contributed by atoms with Crippen molar-refractivity contribution in [2.24, 2.45) is 5.92 Å². The van der Waals surface area contributed by atoms with Crippen molar-refractivity contribution >= 4 is 5.69 Å². The molecule has 34 heavy (non-hydrogen) atoms. The molecule has 1 fully saturated rings. The minimum Gasteiger partial charge on any atom is -0.486 e. The Labute approximate surface area is 199 Å². The first-order valence-corrected chi connectivity index (χ1v) is 11.6. The molecule has 0 N–H and O–H groups in total. The monoisotopic (exact) mass is 454 g/mol. The molecule has 0 amide bonds. The molecule has 171 valence electrons. The topological polar surface area (TPSA) is 12.5 Å². The van der Waals surface area contributed by atoms with Crippen LogP contribution in [0.2, 0.25) is 0 Å². The Kier molecular flexibility index (Phi) is 6.57. The average molecular weight is 455 g/mol. The van der Waals surface area contributed by atoms with Crippen molar-refractivity contribution in [1.82, 2.24) is 0 Å². The van der Waals surface area contributed by atoms with Gasteiger partial charge in [-0.1, -0.05) is 54.6 Å². The van der Waals surface area contributed by atoms with Crippen LogP contribution in [0.25, 0.3) is 0 Å². The number of hydrogen-bond donors (Lipinski definition) is 0. The van der Waals surface area contributed by atoms with Crippen molar-refractivity contribution in [2.75, 3.05) is 11.4 Å². The molecule has 0 unspecified atom stereocenters. The molecular weight excluding hydrogens is 428 g/mol. The molecule has 0 aliphatic carbocycles. The van der Waals surface area contributed by atoms with E-state index < -0.39 is 0 Å². The van der Waals surface area contributed by atoms with Crippen LogP contribution in [0.3, 0.4) is 0 Å². The molecule has 1 heterocycles. The molecule has 4 heteroatoms. The molecule has 2 nitrogen and oxygen atoms in total. The van der Waals surface area contributed by atoms with Gasteiger partial charge in [0.25, 0.3) is 0 Å². The summed E-state index contributed by atoms with van der Waals surface area (Å²) in [6, 6.07) is 34.4. The van der Waals surface area contributed by atoms with Crippen LogP contribution in [0, 0.1) is 23.6 Å². The third-order valence-electron chi connectivity index (χ3n) is 6.52. The summed E-state index contributed by atoms with van der Waals surface area (Å²) in [6.07, 6.45) is 1.57. The smallest absolute Gasteiger partial charge is 0.124 e. The maximum absolute atomic E-state index is 13.6. The van der Waals surface area contributed by atoms with E-state index in [4.69, 9.17) is 4.74 Å². The van der Waals surface area contributed by atoms with Crippen molar-refractivity contribution in [3.63, 3.8) is 0 Å². The van der Waals surface area contributed by atoms with Gasteiger partial charge in [0.15, 0.2) is 0 Å². The molecule has 0 bridgehead atoms. The first-order valence-electron chi connectivity index (χ1n) is 11.6. The van der Waals surface area contributed by atoms with Crippen LogP contribution in [0.5, 0.6) is 5.75 Å². The maximum Gasteiger partial charge on any atom is 0.124 e. The fourth-order valence-corrected chi connectivity index (χ4v) is 4.78. The molecule has 5 rings (SSSR count). The highest BCUT2D eigenvalue weighted by molar-refractivity contribution is 5.52. The largest absolute Gasteiger partial charge is 0.486 e. The highest BCUT2D eigenvalue weighted by atomic mass is 19.1. The highest BCUT2D eigenvalue weighted by Gasteiger charge is 2.40. The average Bonchev–Trinajstić information content (AvgIpc) is 2.85. The van der Waals surface area contributed by atoms with Crippen LogP contribution in [0.4, 0.5) is 14.5 Å². The lowest BCUT2D eigenvalue weighted by Gasteiger charge is -2.50. The fraction of sp³-hybridized carbons (Fsp3) is 0.200. The van der Waals surface area contributed by atoms with Gasteiger partial charge in [-0.05, 0) is 78.6 Å². The lowest BCUT2D eigenvalue weighted by molar-refractivity contribution is 0.166. The van der Waals surface area contributed by atoms with Crippen molar-refractivity contribution in [3.8, 4) is 5.75 Å². The van der Waals surface area contributed by atoms with E-state index in [1.165, 1.54) is 29.8 Å². The molecule has 1 saturated heterocycles. The Morgan fingerprint density at radius 3 is 2.15 bits per heavy atom. The number of benzene rings is 4. The van der Waals surface area contributed by atoms with E-state index in [1.807, 2.05) is 54.6 Å². The lowest BCUT2D eigenvalue weighted by atomic mass is 9.79. The quantitative estimate of drug-likeness (QED) is 0.273. The highest BCUT2D eigenvalue weighted by Crippen LogP contribution is 2.45. The lowest BCUT2D eigenvalue weighted by Crippen LogP contribution is -2.50. The Morgan fingerprint density at radius 1 is 0.824 bits per heavy atom. The van der Waals surface area contributed by atoms with E-state index in [1.54, 1.807) is 12.1 Å². The summed E-state index contributed by atoms with van der Waals surface area (Å²) >= 11 is 0. The van der Waals surface area contributed by atoms with Gasteiger partial charge >= 0.3 is 0 Å². The predicted octanol–water partition coefficient (Wildman–Crippen LogP) is 7.54. The molecule has 0 saturated carbocycles. The fourth-order valence-electron chi connectivity index (χ4n) is 4.78. The molecule has 1 aliphatic rings. The zero-order valence-electron chi connectivity index (χ0n) is 18.8. The van der Waals surface area contributed by atoms with Gasteiger partial charge in [0.1, 0.15) is 23.5 Å². The van der Waals surface area contributed by atoms with E-state index >= 15 is 0 Å². The van der Waals surface area contributed by atoms with Gasteiger partial charge in [-0.3, -0.25) is 0 Å². The van der Waals surface area contributed by atoms with Gasteiger partial charge < -0.3 is 9.64 Å². The summed E-state index contributed by atoms with van der Waals surface area (Å²) in [5.41, 5.74) is 3.21. The molecule has 1 aliphatic heterocycles. The first-order chi connectivity index (χ1) is 16.7. The second kappa shape index (κ2) is 10.1. The summed E-state index contributed by atoms with van der Waals surface area (Å²) < 4.78 is 33.4. The zero-order valence-corrected chi connectivity index (χ0v) is 18.8. The number of hydrogen-bond acceptors (Lipinski definition) is 2. The van der Waals surface area contributed by atoms with Gasteiger partial charge in [-0.2, -0.15) is 0 Å². The van der Waals surface area contributed by atoms with Crippen molar-refractivity contribution in [2.45, 2.75) is 25.0 Å². The molecular formula is C30H26F2NO. The Bertz CT molecular complexity index is 1180. The molecule has 4 aromatic carbocycles. The van der Waals surface area contributed by atoms with E-state index in [0.29, 0.717) is 5.92 Å². The number of anilines is 1. The normalized spacial score (nSPS) is 18.2. The van der Waals surface area contributed by atoms with Gasteiger partial charge in [0.05, 0.1) is 6.04 Å². The Balaban J connectivity index is 1.35. The van der Waals surface area contributed by atoms with Crippen molar-refractivity contribution in [1.29, 1.82) is 0 Å². The number of ether oxygens (including phenoxy) is 1. The summed E-state index contributed by atoms with van der Waals surface area (Å²) in [6.45, 7) is 0.885. The Morgan fingerprint density at radius 2 is 1.47 bits per heavy atom. The summed E-state index contributed by atoms with van der Waals surface area (Å²) in [4.78, 5) is 2.32. The number of nitrogens with zero attached hydrogens (tertiary/aromatic N) is 1. The van der Waals surface area contributed by atoms with Crippen molar-refractivity contribution in [3.05, 3.63) is 132 Å². The molecule has 1 radical (unpaired) electrons. The number of halogens is 2. The van der Waals surface area contributed by atoms with E-state index in [0.717, 1.165) is 36.4 Å². The molecule has 0 spiro atoms. The van der Waals surface area contributed by atoms with Gasteiger partial charge in [0, 0.05) is 18.2 Å². The molecule has 4 aromatic rings. The molecule has 3 atom stereocenters. The van der Waals surface area contributed by atoms with Gasteiger partial charge in [-0.25, -0.2) is 8.78 Å². The summed E-state index contributed by atoms with van der Waals surface area (Å²) in [7, 11) is 0. The first kappa shape index (κ1) is 22.1. The SMILES string of the molecule is Fc1ccc([C@@H](CC[C@H]2CN(c3ccc(F)cc3)[C@H]2c2cc[c]cc2)Oc2ccccc2)cc1. The van der Waals surface area contributed by atoms with Crippen LogP contribution < -0.4 is 9.64 Å². The molecule has 0 aromatic heterocycles. The predicted molar refractivity (Wildman–Crippen MR) is 131 cm³/mol. The minimum absolute atomic E-state index is 0.173. The van der Waals surface area contributed by atoms with Crippen LogP contribution in [-0.2, 0) is 0 Å². The third-order valence-corrected chi connectivity index (χ3v) is 6.52. The standard InChI is InChI=1S/C30H26F2NO/c31-25-14-11-22(12-15-25)29(34-28-9-5-2-6-10-28)20-13-24-21-33(27-18-16-26(32)17-19-27)30(24)23-7-3-1-4-8-23/h2-12,14-19,24,29-30H,13,20-21H2/t24-,29+,30-/m0/s1. The maximum atomic E-state index is 13.6. The minimum atomic E-state index is -0.253. The van der Waals surface area contributed by atoms with E-state index in [-0.39, 0.29) is 23.8 Å². The zero-order chi connectivity index (χ0) is 23.3. The number of para-hydroxylation sites is 1. The summed E-state index contributed by atoms with van der Waals surface area (Å²) in [5, 5.41) is 0.